The number of unbranched alkanes of at least 4 members (excludes halogenated alkanes) is 48. The van der Waals surface area contributed by atoms with Crippen LogP contribution in [-0.2, 0) is 19.1 Å². The molecule has 0 aliphatic carbocycles. The Morgan fingerprint density at radius 1 is 0.282 bits per heavy atom. The second-order valence-corrected chi connectivity index (χ2v) is 25.4. The van der Waals surface area contributed by atoms with Gasteiger partial charge in [-0.2, -0.15) is 0 Å². The highest BCUT2D eigenvalue weighted by atomic mass is 16.6. The first-order valence-corrected chi connectivity index (χ1v) is 37.6. The Kier molecular flexibility index (Phi) is 72.7. The van der Waals surface area contributed by atoms with E-state index in [9.17, 15) is 14.7 Å². The van der Waals surface area contributed by atoms with Gasteiger partial charge in [-0.3, -0.25) is 9.59 Å². The normalized spacial score (nSPS) is 12.6. The molecule has 0 amide bonds. The van der Waals surface area contributed by atoms with Gasteiger partial charge >= 0.3 is 11.9 Å². The first-order chi connectivity index (χ1) is 42.1. The van der Waals surface area contributed by atoms with Crippen molar-refractivity contribution >= 4 is 11.9 Å². The van der Waals surface area contributed by atoms with E-state index < -0.39 is 6.10 Å². The van der Waals surface area contributed by atoms with Crippen molar-refractivity contribution in [2.45, 2.75) is 399 Å². The molecule has 5 nitrogen and oxygen atoms in total. The molecule has 1 atom stereocenters. The molecular weight excluding hydrogens is 1040 g/mol. The third kappa shape index (κ3) is 73.5. The molecule has 0 aromatic rings. The van der Waals surface area contributed by atoms with E-state index in [0.29, 0.717) is 12.8 Å². The van der Waals surface area contributed by atoms with Crippen LogP contribution in [0.4, 0.5) is 0 Å². The lowest BCUT2D eigenvalue weighted by Crippen LogP contribution is -2.28. The van der Waals surface area contributed by atoms with E-state index in [4.69, 9.17) is 9.47 Å². The van der Waals surface area contributed by atoms with E-state index in [-0.39, 0.29) is 25.2 Å². The van der Waals surface area contributed by atoms with Crippen molar-refractivity contribution in [3.8, 4) is 0 Å². The summed E-state index contributed by atoms with van der Waals surface area (Å²) in [6.45, 7) is 4.08. The summed E-state index contributed by atoms with van der Waals surface area (Å²) in [4.78, 5) is 24.7. The van der Waals surface area contributed by atoms with Crippen molar-refractivity contribution in [1.82, 2.24) is 0 Å². The maximum absolute atomic E-state index is 12.4. The smallest absolute Gasteiger partial charge is 0.306 e. The quantitative estimate of drug-likeness (QED) is 0.0373. The van der Waals surface area contributed by atoms with E-state index in [1.165, 1.54) is 289 Å². The third-order valence-corrected chi connectivity index (χ3v) is 17.0. The maximum Gasteiger partial charge on any atom is 0.306 e. The molecule has 0 aromatic carbocycles. The highest BCUT2D eigenvalue weighted by Crippen LogP contribution is 2.19. The zero-order valence-corrected chi connectivity index (χ0v) is 56.9. The van der Waals surface area contributed by atoms with E-state index in [1.54, 1.807) is 0 Å². The fraction of sp³-hybridized carbons (Fsp3) is 0.800. The number of carbonyl (C=O) groups excluding carboxylic acids is 2. The fourth-order valence-corrected chi connectivity index (χ4v) is 11.4. The molecule has 0 radical (unpaired) electrons. The van der Waals surface area contributed by atoms with Crippen molar-refractivity contribution in [3.05, 3.63) is 85.1 Å². The average Bonchev–Trinajstić information content (AvgIpc) is 3.51. The summed E-state index contributed by atoms with van der Waals surface area (Å²) in [5, 5.41) is 9.72. The van der Waals surface area contributed by atoms with Crippen LogP contribution < -0.4 is 0 Å². The van der Waals surface area contributed by atoms with Crippen molar-refractivity contribution in [2.75, 3.05) is 13.2 Å². The molecule has 1 N–H and O–H groups in total. The molecular formula is C80H144O5. The molecule has 0 aliphatic rings. The zero-order valence-electron chi connectivity index (χ0n) is 56.9. The van der Waals surface area contributed by atoms with Crippen molar-refractivity contribution in [2.24, 2.45) is 0 Å². The first-order valence-electron chi connectivity index (χ1n) is 37.6. The van der Waals surface area contributed by atoms with Crippen LogP contribution in [0.25, 0.3) is 0 Å². The molecule has 0 saturated carbocycles. The van der Waals surface area contributed by atoms with Crippen LogP contribution in [0.15, 0.2) is 85.1 Å². The summed E-state index contributed by atoms with van der Waals surface area (Å²) >= 11 is 0. The lowest BCUT2D eigenvalue weighted by Gasteiger charge is -2.15. The lowest BCUT2D eigenvalue weighted by atomic mass is 10.0. The number of hydrogen-bond donors (Lipinski definition) is 1. The molecule has 0 rings (SSSR count). The van der Waals surface area contributed by atoms with Gasteiger partial charge < -0.3 is 14.6 Å². The largest absolute Gasteiger partial charge is 0.462 e. The van der Waals surface area contributed by atoms with Crippen LogP contribution in [0.2, 0.25) is 0 Å². The number of ether oxygens (including phenoxy) is 2. The number of aliphatic hydroxyl groups excluding tert-OH is 1. The highest BCUT2D eigenvalue weighted by Gasteiger charge is 2.16. The summed E-state index contributed by atoms with van der Waals surface area (Å²) in [7, 11) is 0. The van der Waals surface area contributed by atoms with Gasteiger partial charge in [0.25, 0.3) is 0 Å². The van der Waals surface area contributed by atoms with Gasteiger partial charge in [0.2, 0.25) is 0 Å². The maximum atomic E-state index is 12.4. The van der Waals surface area contributed by atoms with Crippen LogP contribution in [0.5, 0.6) is 0 Å². The van der Waals surface area contributed by atoms with Crippen LogP contribution in [0.1, 0.15) is 393 Å². The molecule has 1 unspecified atom stereocenters. The monoisotopic (exact) mass is 1190 g/mol. The Bertz CT molecular complexity index is 1530. The standard InChI is InChI=1S/C80H144O5/c1-3-5-7-9-11-13-15-17-19-21-23-25-27-29-31-33-35-37-38-39-40-41-42-43-45-47-49-51-53-55-57-59-61-63-65-67-69-71-73-75-80(83)85-78(76-81)77-84-79(82)74-72-70-68-66-64-62-60-58-56-54-52-50-48-46-44-36-34-32-30-28-26-24-22-20-18-16-14-12-10-8-6-4-2/h5,7,11,13,17,19,23,25,29,31,35,37,39-40,78,81H,3-4,6,8-10,12,14-16,18,20-22,24,26-28,30,32-34,36,38,41-77H2,1-2H3/b7-5-,13-11-,19-17-,25-23-,31-29-,37-35-,40-39-. The molecule has 5 heteroatoms. The molecule has 0 heterocycles. The van der Waals surface area contributed by atoms with Gasteiger partial charge in [-0.25, -0.2) is 0 Å². The van der Waals surface area contributed by atoms with E-state index in [2.05, 4.69) is 98.9 Å². The Balaban J connectivity index is 3.42. The minimum Gasteiger partial charge on any atom is -0.462 e. The van der Waals surface area contributed by atoms with Crippen LogP contribution in [-0.4, -0.2) is 36.4 Å². The Labute approximate surface area is 530 Å². The molecule has 0 aromatic heterocycles. The van der Waals surface area contributed by atoms with Crippen LogP contribution >= 0.6 is 0 Å². The van der Waals surface area contributed by atoms with E-state index >= 15 is 0 Å². The third-order valence-electron chi connectivity index (χ3n) is 17.0. The van der Waals surface area contributed by atoms with Gasteiger partial charge in [0.15, 0.2) is 6.10 Å². The predicted octanol–water partition coefficient (Wildman–Crippen LogP) is 26.4. The Morgan fingerprint density at radius 3 is 0.765 bits per heavy atom. The summed E-state index contributed by atoms with van der Waals surface area (Å²) in [5.74, 6) is -0.570. The van der Waals surface area contributed by atoms with Gasteiger partial charge in [0.1, 0.15) is 6.61 Å². The SMILES string of the molecule is CC/C=C\C/C=C\C/C=C\C/C=C\C/C=C\C/C=C\C/C=C\CCCCCCCCCCCCCCCCCCCC(=O)OC(CO)COC(=O)CCCCCCCCCCCCCCCCCCCCCCCCCCCCCCCCCC. The van der Waals surface area contributed by atoms with Crippen molar-refractivity contribution < 1.29 is 24.2 Å². The van der Waals surface area contributed by atoms with Crippen LogP contribution in [0.3, 0.4) is 0 Å². The number of allylic oxidation sites excluding steroid dienone is 14. The van der Waals surface area contributed by atoms with Crippen molar-refractivity contribution in [3.63, 3.8) is 0 Å². The molecule has 85 heavy (non-hydrogen) atoms. The Morgan fingerprint density at radius 2 is 0.506 bits per heavy atom. The molecule has 0 aliphatic heterocycles. The fourth-order valence-electron chi connectivity index (χ4n) is 11.4. The lowest BCUT2D eigenvalue weighted by molar-refractivity contribution is -0.161. The van der Waals surface area contributed by atoms with E-state index in [0.717, 1.165) is 77.0 Å². The molecule has 0 spiro atoms. The molecule has 0 bridgehead atoms. The highest BCUT2D eigenvalue weighted by molar-refractivity contribution is 5.70. The molecule has 0 fully saturated rings. The second kappa shape index (κ2) is 75.3. The summed E-state index contributed by atoms with van der Waals surface area (Å²) in [5.41, 5.74) is 0. The number of carbonyl (C=O) groups is 2. The number of rotatable bonds is 70. The number of hydrogen-bond acceptors (Lipinski definition) is 5. The first kappa shape index (κ1) is 82.1. The van der Waals surface area contributed by atoms with E-state index in [1.807, 2.05) is 0 Å². The number of aliphatic hydroxyl groups is 1. The summed E-state index contributed by atoms with van der Waals surface area (Å²) in [6.07, 6.45) is 106. The summed E-state index contributed by atoms with van der Waals surface area (Å²) in [6, 6.07) is 0. The van der Waals surface area contributed by atoms with Crippen LogP contribution in [0, 0.1) is 0 Å². The van der Waals surface area contributed by atoms with Gasteiger partial charge in [-0.15, -0.1) is 0 Å². The second-order valence-electron chi connectivity index (χ2n) is 25.4. The van der Waals surface area contributed by atoms with Gasteiger partial charge in [-0.05, 0) is 70.6 Å². The molecule has 494 valence electrons. The Hall–Kier alpha value is -2.92. The number of esters is 2. The predicted molar refractivity (Wildman–Crippen MR) is 376 cm³/mol. The minimum atomic E-state index is -0.774. The zero-order chi connectivity index (χ0) is 61.2. The van der Waals surface area contributed by atoms with Gasteiger partial charge in [0.05, 0.1) is 6.61 Å². The van der Waals surface area contributed by atoms with Gasteiger partial charge in [0, 0.05) is 12.8 Å². The molecule has 0 saturated heterocycles. The van der Waals surface area contributed by atoms with Gasteiger partial charge in [-0.1, -0.05) is 394 Å². The topological polar surface area (TPSA) is 72.8 Å². The summed E-state index contributed by atoms with van der Waals surface area (Å²) < 4.78 is 10.8. The van der Waals surface area contributed by atoms with Crippen molar-refractivity contribution in [1.29, 1.82) is 0 Å². The average molecular weight is 1190 g/mol. The minimum absolute atomic E-state index is 0.0620.